The third-order valence-electron chi connectivity index (χ3n) is 2.93. The van der Waals surface area contributed by atoms with Gasteiger partial charge >= 0.3 is 5.97 Å². The molecule has 2 aromatic carbocycles. The largest absolute Gasteiger partial charge is 0.490 e. The van der Waals surface area contributed by atoms with Crippen molar-refractivity contribution in [2.45, 2.75) is 26.9 Å². The summed E-state index contributed by atoms with van der Waals surface area (Å²) in [7, 11) is 0. The van der Waals surface area contributed by atoms with Gasteiger partial charge in [-0.15, -0.1) is 0 Å². The number of carbonyl (C=O) groups is 1. The third-order valence-corrected chi connectivity index (χ3v) is 3.72. The molecule has 22 heavy (non-hydrogen) atoms. The molecule has 0 N–H and O–H groups in total. The number of hydrogen-bond acceptors (Lipinski definition) is 3. The van der Waals surface area contributed by atoms with Crippen LogP contribution in [0, 0.1) is 6.92 Å². The van der Waals surface area contributed by atoms with Crippen molar-refractivity contribution in [3.05, 3.63) is 57.6 Å². The lowest BCUT2D eigenvalue weighted by molar-refractivity contribution is 0.0728. The number of halogens is 2. The van der Waals surface area contributed by atoms with E-state index in [2.05, 4.69) is 0 Å². The Morgan fingerprint density at radius 3 is 2.27 bits per heavy atom. The SMILES string of the molecule is Cc1c(Cl)cc(OC(=O)c2ccccc2OC(C)C)cc1Cl. The molecule has 0 heterocycles. The zero-order chi connectivity index (χ0) is 16.3. The molecule has 116 valence electrons. The van der Waals surface area contributed by atoms with Crippen LogP contribution in [-0.2, 0) is 0 Å². The van der Waals surface area contributed by atoms with Crippen molar-refractivity contribution in [3.63, 3.8) is 0 Å². The maximum absolute atomic E-state index is 12.3. The molecule has 0 amide bonds. The minimum atomic E-state index is -0.521. The molecule has 0 aliphatic heterocycles. The smallest absolute Gasteiger partial charge is 0.347 e. The van der Waals surface area contributed by atoms with Crippen molar-refractivity contribution in [2.24, 2.45) is 0 Å². The van der Waals surface area contributed by atoms with Crippen molar-refractivity contribution in [2.75, 3.05) is 0 Å². The van der Waals surface area contributed by atoms with Crippen LogP contribution in [0.2, 0.25) is 10.0 Å². The van der Waals surface area contributed by atoms with Gasteiger partial charge in [-0.3, -0.25) is 0 Å². The number of rotatable bonds is 4. The van der Waals surface area contributed by atoms with Gasteiger partial charge < -0.3 is 9.47 Å². The number of benzene rings is 2. The quantitative estimate of drug-likeness (QED) is 0.559. The summed E-state index contributed by atoms with van der Waals surface area (Å²) < 4.78 is 11.0. The van der Waals surface area contributed by atoms with Crippen LogP contribution in [0.15, 0.2) is 36.4 Å². The molecule has 0 saturated carbocycles. The molecule has 0 aliphatic rings. The van der Waals surface area contributed by atoms with Crippen LogP contribution in [0.4, 0.5) is 0 Å². The van der Waals surface area contributed by atoms with E-state index in [1.807, 2.05) is 13.8 Å². The Balaban J connectivity index is 2.26. The summed E-state index contributed by atoms with van der Waals surface area (Å²) in [5.41, 5.74) is 1.09. The van der Waals surface area contributed by atoms with Gasteiger partial charge in [0, 0.05) is 10.0 Å². The highest BCUT2D eigenvalue weighted by atomic mass is 35.5. The molecule has 0 radical (unpaired) electrons. The summed E-state index contributed by atoms with van der Waals surface area (Å²) >= 11 is 12.1. The first-order valence-electron chi connectivity index (χ1n) is 6.82. The van der Waals surface area contributed by atoms with Gasteiger partial charge in [0.2, 0.25) is 0 Å². The van der Waals surface area contributed by atoms with Gasteiger partial charge in [0.1, 0.15) is 17.1 Å². The first kappa shape index (κ1) is 16.7. The van der Waals surface area contributed by atoms with Crippen molar-refractivity contribution in [1.29, 1.82) is 0 Å². The van der Waals surface area contributed by atoms with E-state index in [1.54, 1.807) is 43.3 Å². The Labute approximate surface area is 139 Å². The molecule has 2 aromatic rings. The number of ether oxygens (including phenoxy) is 2. The van der Waals surface area contributed by atoms with Crippen LogP contribution in [0.3, 0.4) is 0 Å². The Bertz CT molecular complexity index is 673. The molecular weight excluding hydrogens is 323 g/mol. The van der Waals surface area contributed by atoms with E-state index in [9.17, 15) is 4.79 Å². The molecule has 0 fully saturated rings. The van der Waals surface area contributed by atoms with Gasteiger partial charge in [-0.1, -0.05) is 35.3 Å². The summed E-state index contributed by atoms with van der Waals surface area (Å²) in [5.74, 6) is 0.254. The van der Waals surface area contributed by atoms with Gasteiger partial charge in [-0.05, 0) is 50.6 Å². The van der Waals surface area contributed by atoms with E-state index in [0.717, 1.165) is 5.56 Å². The van der Waals surface area contributed by atoms with Gasteiger partial charge in [-0.25, -0.2) is 4.79 Å². The molecule has 0 saturated heterocycles. The van der Waals surface area contributed by atoms with Crippen LogP contribution >= 0.6 is 23.2 Å². The van der Waals surface area contributed by atoms with Crippen LogP contribution in [0.5, 0.6) is 11.5 Å². The summed E-state index contributed by atoms with van der Waals surface area (Å²) in [5, 5.41) is 0.893. The lowest BCUT2D eigenvalue weighted by atomic mass is 10.2. The van der Waals surface area contributed by atoms with E-state index in [0.29, 0.717) is 27.1 Å². The second kappa shape index (κ2) is 7.03. The topological polar surface area (TPSA) is 35.5 Å². The Hall–Kier alpha value is -1.71. The van der Waals surface area contributed by atoms with Crippen molar-refractivity contribution in [1.82, 2.24) is 0 Å². The Morgan fingerprint density at radius 2 is 1.68 bits per heavy atom. The molecule has 0 unspecified atom stereocenters. The fourth-order valence-corrected chi connectivity index (χ4v) is 2.30. The molecule has 3 nitrogen and oxygen atoms in total. The summed E-state index contributed by atoms with van der Waals surface area (Å²) in [6, 6.07) is 10.1. The predicted octanol–water partition coefficient (Wildman–Crippen LogP) is 5.31. The van der Waals surface area contributed by atoms with Crippen molar-refractivity contribution in [3.8, 4) is 11.5 Å². The van der Waals surface area contributed by atoms with Gasteiger partial charge in [-0.2, -0.15) is 0 Å². The summed E-state index contributed by atoms with van der Waals surface area (Å²) in [4.78, 5) is 12.3. The highest BCUT2D eigenvalue weighted by Gasteiger charge is 2.16. The molecule has 2 rings (SSSR count). The maximum Gasteiger partial charge on any atom is 0.347 e. The Morgan fingerprint density at radius 1 is 1.09 bits per heavy atom. The van der Waals surface area contributed by atoms with E-state index in [4.69, 9.17) is 32.7 Å². The molecule has 0 aromatic heterocycles. The highest BCUT2D eigenvalue weighted by Crippen LogP contribution is 2.30. The zero-order valence-electron chi connectivity index (χ0n) is 12.5. The van der Waals surface area contributed by atoms with E-state index < -0.39 is 5.97 Å². The summed E-state index contributed by atoms with van der Waals surface area (Å²) in [6.45, 7) is 5.57. The van der Waals surface area contributed by atoms with Crippen LogP contribution in [0.25, 0.3) is 0 Å². The van der Waals surface area contributed by atoms with E-state index in [-0.39, 0.29) is 6.10 Å². The van der Waals surface area contributed by atoms with Crippen molar-refractivity contribution >= 4 is 29.2 Å². The minimum Gasteiger partial charge on any atom is -0.490 e. The first-order valence-corrected chi connectivity index (χ1v) is 7.57. The molecular formula is C17H16Cl2O3. The highest BCUT2D eigenvalue weighted by molar-refractivity contribution is 6.36. The molecule has 5 heteroatoms. The monoisotopic (exact) mass is 338 g/mol. The van der Waals surface area contributed by atoms with Gasteiger partial charge in [0.25, 0.3) is 0 Å². The lowest BCUT2D eigenvalue weighted by Gasteiger charge is -2.14. The molecule has 0 bridgehead atoms. The molecule has 0 atom stereocenters. The number of hydrogen-bond donors (Lipinski definition) is 0. The van der Waals surface area contributed by atoms with Crippen LogP contribution in [0.1, 0.15) is 29.8 Å². The minimum absolute atomic E-state index is 0.0442. The lowest BCUT2D eigenvalue weighted by Crippen LogP contribution is -2.13. The third kappa shape index (κ3) is 3.93. The van der Waals surface area contributed by atoms with Crippen molar-refractivity contribution < 1.29 is 14.3 Å². The van der Waals surface area contributed by atoms with E-state index >= 15 is 0 Å². The Kier molecular flexibility index (Phi) is 5.33. The second-order valence-electron chi connectivity index (χ2n) is 5.06. The van der Waals surface area contributed by atoms with Gasteiger partial charge in [0.05, 0.1) is 6.10 Å². The van der Waals surface area contributed by atoms with Crippen LogP contribution < -0.4 is 9.47 Å². The number of para-hydroxylation sites is 1. The average molecular weight is 339 g/mol. The molecule has 0 spiro atoms. The van der Waals surface area contributed by atoms with E-state index in [1.165, 1.54) is 0 Å². The number of esters is 1. The standard InChI is InChI=1S/C17H16Cl2O3/c1-10(2)21-16-7-5-4-6-13(16)17(20)22-12-8-14(18)11(3)15(19)9-12/h4-10H,1-3H3. The fraction of sp³-hybridized carbons (Fsp3) is 0.235. The first-order chi connectivity index (χ1) is 10.4. The summed E-state index contributed by atoms with van der Waals surface area (Å²) in [6.07, 6.45) is -0.0442. The average Bonchev–Trinajstić information content (AvgIpc) is 2.44. The predicted molar refractivity (Wildman–Crippen MR) is 88.4 cm³/mol. The normalized spacial score (nSPS) is 10.6. The second-order valence-corrected chi connectivity index (χ2v) is 5.88. The van der Waals surface area contributed by atoms with Gasteiger partial charge in [0.15, 0.2) is 0 Å². The van der Waals surface area contributed by atoms with Crippen LogP contribution in [-0.4, -0.2) is 12.1 Å². The maximum atomic E-state index is 12.3. The fourth-order valence-electron chi connectivity index (χ4n) is 1.83. The molecule has 0 aliphatic carbocycles. The number of carbonyl (C=O) groups excluding carboxylic acids is 1. The zero-order valence-corrected chi connectivity index (χ0v) is 14.0.